The predicted octanol–water partition coefficient (Wildman–Crippen LogP) is 3.26. The van der Waals surface area contributed by atoms with E-state index in [0.717, 1.165) is 6.42 Å². The summed E-state index contributed by atoms with van der Waals surface area (Å²) in [5.74, 6) is 0. The van der Waals surface area contributed by atoms with Crippen molar-refractivity contribution in [2.24, 2.45) is 0 Å². The summed E-state index contributed by atoms with van der Waals surface area (Å²) in [6.07, 6.45) is 1.11. The highest BCUT2D eigenvalue weighted by molar-refractivity contribution is 7.17. The zero-order valence-electron chi connectivity index (χ0n) is 6.42. The van der Waals surface area contributed by atoms with Crippen molar-refractivity contribution in [3.05, 3.63) is 35.2 Å². The molecular weight excluding hydrogens is 152 g/mol. The monoisotopic (exact) mass is 161 g/mol. The highest BCUT2D eigenvalue weighted by Crippen LogP contribution is 2.21. The first-order valence-electron chi connectivity index (χ1n) is 3.78. The van der Waals surface area contributed by atoms with Gasteiger partial charge in [0.05, 0.1) is 0 Å². The molecule has 0 aliphatic heterocycles. The molecule has 0 aliphatic carbocycles. The highest BCUT2D eigenvalue weighted by Gasteiger charge is 1.94. The zero-order chi connectivity index (χ0) is 7.68. The Labute approximate surface area is 70.5 Å². The van der Waals surface area contributed by atoms with E-state index in [0.29, 0.717) is 0 Å². The van der Waals surface area contributed by atoms with Crippen LogP contribution in [0.15, 0.2) is 23.6 Å². The van der Waals surface area contributed by atoms with Crippen LogP contribution in [-0.4, -0.2) is 0 Å². The summed E-state index contributed by atoms with van der Waals surface area (Å²) in [7, 11) is 0. The van der Waals surface area contributed by atoms with Gasteiger partial charge in [-0.3, -0.25) is 0 Å². The van der Waals surface area contributed by atoms with Gasteiger partial charge >= 0.3 is 0 Å². The fourth-order valence-corrected chi connectivity index (χ4v) is 1.87. The molecule has 0 nitrogen and oxygen atoms in total. The van der Waals surface area contributed by atoms with Gasteiger partial charge in [0, 0.05) is 16.2 Å². The fraction of sp³-hybridized carbons (Fsp3) is 0.200. The highest BCUT2D eigenvalue weighted by atomic mass is 32.1. The number of benzene rings is 1. The molecule has 11 heavy (non-hydrogen) atoms. The van der Waals surface area contributed by atoms with Gasteiger partial charge < -0.3 is 0 Å². The van der Waals surface area contributed by atoms with Crippen LogP contribution >= 0.6 is 11.3 Å². The molecule has 1 heterocycles. The van der Waals surface area contributed by atoms with Crippen LogP contribution < -0.4 is 0 Å². The van der Waals surface area contributed by atoms with Gasteiger partial charge in [-0.15, -0.1) is 11.3 Å². The molecule has 0 N–H and O–H groups in total. The third-order valence-corrected chi connectivity index (χ3v) is 2.70. The van der Waals surface area contributed by atoms with E-state index >= 15 is 0 Å². The summed E-state index contributed by atoms with van der Waals surface area (Å²) in [6, 6.07) is 9.79. The predicted molar refractivity (Wildman–Crippen MR) is 50.0 cm³/mol. The van der Waals surface area contributed by atoms with Crippen molar-refractivity contribution in [1.29, 1.82) is 0 Å². The lowest BCUT2D eigenvalue weighted by Gasteiger charge is -1.94. The zero-order valence-corrected chi connectivity index (χ0v) is 7.24. The Bertz CT molecular complexity index is 360. The van der Waals surface area contributed by atoms with Crippen LogP contribution in [0.25, 0.3) is 10.1 Å². The quantitative estimate of drug-likeness (QED) is 0.602. The topological polar surface area (TPSA) is 0 Å². The lowest BCUT2D eigenvalue weighted by atomic mass is 10.1. The Morgan fingerprint density at radius 3 is 3.18 bits per heavy atom. The van der Waals surface area contributed by atoms with Gasteiger partial charge in [-0.2, -0.15) is 0 Å². The number of fused-ring (bicyclic) bond motifs is 1. The van der Waals surface area contributed by atoms with Crippen molar-refractivity contribution in [3.8, 4) is 0 Å². The Morgan fingerprint density at radius 1 is 1.45 bits per heavy atom. The number of aryl methyl sites for hydroxylation is 1. The standard InChI is InChI=1S/C10H9S/c1-2-8-3-4-10-9(7-8)5-6-11-10/h3-4,6-7H,2H2,1H3. The summed E-state index contributed by atoms with van der Waals surface area (Å²) in [6.45, 7) is 2.17. The van der Waals surface area contributed by atoms with Crippen LogP contribution in [0, 0.1) is 6.07 Å². The van der Waals surface area contributed by atoms with Gasteiger partial charge in [0.2, 0.25) is 0 Å². The summed E-state index contributed by atoms with van der Waals surface area (Å²) in [4.78, 5) is 0. The van der Waals surface area contributed by atoms with Gasteiger partial charge in [0.1, 0.15) is 0 Å². The largest absolute Gasteiger partial charge is 0.143 e. The summed E-state index contributed by atoms with van der Waals surface area (Å²) in [5, 5.41) is 3.28. The normalized spacial score (nSPS) is 10.6. The SMILES string of the molecule is CCc1ccc2sc[c]c2c1. The van der Waals surface area contributed by atoms with Crippen molar-refractivity contribution >= 4 is 21.4 Å². The molecule has 0 amide bonds. The molecule has 0 spiro atoms. The summed E-state index contributed by atoms with van der Waals surface area (Å²) >= 11 is 1.75. The van der Waals surface area contributed by atoms with Gasteiger partial charge in [0.15, 0.2) is 0 Å². The van der Waals surface area contributed by atoms with Crippen LogP contribution in [0.2, 0.25) is 0 Å². The lowest BCUT2D eigenvalue weighted by Crippen LogP contribution is -1.76. The molecule has 55 valence electrons. The maximum Gasteiger partial charge on any atom is 0.0349 e. The molecule has 0 atom stereocenters. The second kappa shape index (κ2) is 2.67. The van der Waals surface area contributed by atoms with Crippen molar-refractivity contribution in [1.82, 2.24) is 0 Å². The molecular formula is C10H9S. The minimum Gasteiger partial charge on any atom is -0.143 e. The molecule has 0 aliphatic rings. The number of rotatable bonds is 1. The number of hydrogen-bond donors (Lipinski definition) is 0. The van der Waals surface area contributed by atoms with Crippen molar-refractivity contribution in [3.63, 3.8) is 0 Å². The van der Waals surface area contributed by atoms with Crippen LogP contribution in [0.4, 0.5) is 0 Å². The van der Waals surface area contributed by atoms with Crippen LogP contribution in [0.5, 0.6) is 0 Å². The molecule has 0 fully saturated rings. The second-order valence-electron chi connectivity index (χ2n) is 2.56. The fourth-order valence-electron chi connectivity index (χ4n) is 1.17. The van der Waals surface area contributed by atoms with E-state index in [2.05, 4.69) is 31.2 Å². The Kier molecular flexibility index (Phi) is 1.66. The van der Waals surface area contributed by atoms with E-state index < -0.39 is 0 Å². The van der Waals surface area contributed by atoms with Crippen LogP contribution in [0.1, 0.15) is 12.5 Å². The number of hydrogen-bond acceptors (Lipinski definition) is 1. The van der Waals surface area contributed by atoms with E-state index in [9.17, 15) is 0 Å². The lowest BCUT2D eigenvalue weighted by molar-refractivity contribution is 1.15. The smallest absolute Gasteiger partial charge is 0.0349 e. The summed E-state index contributed by atoms with van der Waals surface area (Å²) < 4.78 is 1.34. The Morgan fingerprint density at radius 2 is 2.36 bits per heavy atom. The molecule has 0 bridgehead atoms. The van der Waals surface area contributed by atoms with Crippen molar-refractivity contribution in [2.45, 2.75) is 13.3 Å². The third-order valence-electron chi connectivity index (χ3n) is 1.85. The Hall–Kier alpha value is -0.820. The molecule has 1 heteroatoms. The maximum atomic E-state index is 3.21. The Balaban J connectivity index is 2.67. The summed E-state index contributed by atoms with van der Waals surface area (Å²) in [5.41, 5.74) is 1.40. The molecule has 1 aromatic heterocycles. The van der Waals surface area contributed by atoms with Crippen LogP contribution in [0.3, 0.4) is 0 Å². The second-order valence-corrected chi connectivity index (χ2v) is 3.48. The minimum absolute atomic E-state index is 1.11. The first-order valence-corrected chi connectivity index (χ1v) is 4.66. The van der Waals surface area contributed by atoms with E-state index in [4.69, 9.17) is 0 Å². The van der Waals surface area contributed by atoms with E-state index in [1.54, 1.807) is 11.3 Å². The van der Waals surface area contributed by atoms with Gasteiger partial charge in [-0.1, -0.05) is 13.0 Å². The molecule has 0 saturated heterocycles. The minimum atomic E-state index is 1.11. The van der Waals surface area contributed by atoms with E-state index in [1.807, 2.05) is 5.38 Å². The average Bonchev–Trinajstić information content (AvgIpc) is 2.50. The average molecular weight is 161 g/mol. The van der Waals surface area contributed by atoms with E-state index in [-0.39, 0.29) is 0 Å². The van der Waals surface area contributed by atoms with Crippen LogP contribution in [-0.2, 0) is 6.42 Å². The molecule has 1 radical (unpaired) electrons. The van der Waals surface area contributed by atoms with Crippen molar-refractivity contribution in [2.75, 3.05) is 0 Å². The third kappa shape index (κ3) is 1.16. The molecule has 0 unspecified atom stereocenters. The maximum absolute atomic E-state index is 3.21. The van der Waals surface area contributed by atoms with Gasteiger partial charge in [-0.25, -0.2) is 0 Å². The van der Waals surface area contributed by atoms with Gasteiger partial charge in [0.25, 0.3) is 0 Å². The molecule has 1 aromatic carbocycles. The first-order chi connectivity index (χ1) is 5.40. The van der Waals surface area contributed by atoms with Crippen molar-refractivity contribution < 1.29 is 0 Å². The van der Waals surface area contributed by atoms with Gasteiger partial charge in [-0.05, 0) is 29.5 Å². The van der Waals surface area contributed by atoms with E-state index in [1.165, 1.54) is 15.6 Å². The molecule has 0 saturated carbocycles. The molecule has 2 rings (SSSR count). The molecule has 2 aromatic rings. The first kappa shape index (κ1) is 6.86. The number of thiophene rings is 1.